The summed E-state index contributed by atoms with van der Waals surface area (Å²) in [5, 5.41) is 2.83. The first-order valence-electron chi connectivity index (χ1n) is 8.49. The van der Waals surface area contributed by atoms with Crippen LogP contribution < -0.4 is 15.8 Å². The van der Waals surface area contributed by atoms with Gasteiger partial charge in [0.25, 0.3) is 11.8 Å². The van der Waals surface area contributed by atoms with Gasteiger partial charge in [0.15, 0.2) is 6.61 Å². The highest BCUT2D eigenvalue weighted by Crippen LogP contribution is 2.24. The van der Waals surface area contributed by atoms with Crippen LogP contribution in [0.2, 0.25) is 0 Å². The van der Waals surface area contributed by atoms with Gasteiger partial charge in [0.05, 0.1) is 0 Å². The van der Waals surface area contributed by atoms with E-state index in [9.17, 15) is 14.0 Å². The Morgan fingerprint density at radius 2 is 1.93 bits per heavy atom. The van der Waals surface area contributed by atoms with Crippen LogP contribution in [-0.4, -0.2) is 28.0 Å². The number of carbonyl (C=O) groups excluding carboxylic acids is 2. The second-order valence-corrected chi connectivity index (χ2v) is 6.10. The van der Waals surface area contributed by atoms with E-state index in [0.717, 1.165) is 0 Å². The minimum atomic E-state index is -0.764. The van der Waals surface area contributed by atoms with Crippen LogP contribution in [0.25, 0.3) is 0 Å². The number of amides is 2. The van der Waals surface area contributed by atoms with Gasteiger partial charge in [0.2, 0.25) is 0 Å². The smallest absolute Gasteiger partial charge is 0.255 e. The molecule has 8 heteroatoms. The predicted molar refractivity (Wildman–Crippen MR) is 100 cm³/mol. The summed E-state index contributed by atoms with van der Waals surface area (Å²) in [7, 11) is 1.77. The zero-order valence-corrected chi connectivity index (χ0v) is 15.1. The number of ether oxygens (including phenoxy) is 1. The summed E-state index contributed by atoms with van der Waals surface area (Å²) >= 11 is 0. The van der Waals surface area contributed by atoms with Crippen molar-refractivity contribution in [2.45, 2.75) is 6.04 Å². The fraction of sp³-hybridized carbons (Fsp3) is 0.150. The SMILES string of the molecule is Cn1ccnc1C(NC(=O)c1ccc(OCC(N)=O)cc1)c1ccccc1F. The van der Waals surface area contributed by atoms with Crippen LogP contribution in [0.1, 0.15) is 27.8 Å². The maximum atomic E-state index is 14.4. The van der Waals surface area contributed by atoms with Gasteiger partial charge in [0.1, 0.15) is 23.4 Å². The molecular weight excluding hydrogens is 363 g/mol. The topological polar surface area (TPSA) is 99.2 Å². The van der Waals surface area contributed by atoms with Crippen molar-refractivity contribution < 1.29 is 18.7 Å². The number of nitrogens with two attached hydrogens (primary N) is 1. The Morgan fingerprint density at radius 3 is 2.54 bits per heavy atom. The Bertz CT molecular complexity index is 985. The molecule has 3 N–H and O–H groups in total. The first-order valence-corrected chi connectivity index (χ1v) is 8.49. The van der Waals surface area contributed by atoms with E-state index in [1.165, 1.54) is 6.07 Å². The largest absolute Gasteiger partial charge is 0.484 e. The number of carbonyl (C=O) groups is 2. The van der Waals surface area contributed by atoms with E-state index in [2.05, 4.69) is 10.3 Å². The lowest BCUT2D eigenvalue weighted by molar-refractivity contribution is -0.119. The average Bonchev–Trinajstić information content (AvgIpc) is 3.11. The normalized spacial score (nSPS) is 11.6. The number of rotatable bonds is 7. The first-order chi connectivity index (χ1) is 13.5. The van der Waals surface area contributed by atoms with Gasteiger partial charge in [-0.05, 0) is 30.3 Å². The lowest BCUT2D eigenvalue weighted by Gasteiger charge is -2.20. The van der Waals surface area contributed by atoms with Gasteiger partial charge in [-0.2, -0.15) is 0 Å². The molecule has 1 atom stereocenters. The van der Waals surface area contributed by atoms with Gasteiger partial charge < -0.3 is 20.4 Å². The van der Waals surface area contributed by atoms with E-state index in [4.69, 9.17) is 10.5 Å². The van der Waals surface area contributed by atoms with Crippen LogP contribution in [0.3, 0.4) is 0 Å². The second-order valence-electron chi connectivity index (χ2n) is 6.10. The number of hydrogen-bond acceptors (Lipinski definition) is 4. The summed E-state index contributed by atoms with van der Waals surface area (Å²) in [6.07, 6.45) is 3.31. The minimum Gasteiger partial charge on any atom is -0.484 e. The maximum absolute atomic E-state index is 14.4. The van der Waals surface area contributed by atoms with E-state index < -0.39 is 23.7 Å². The molecule has 2 amide bonds. The molecular formula is C20H19FN4O3. The van der Waals surface area contributed by atoms with Crippen LogP contribution in [0, 0.1) is 5.82 Å². The van der Waals surface area contributed by atoms with Gasteiger partial charge in [-0.1, -0.05) is 18.2 Å². The van der Waals surface area contributed by atoms with Crippen molar-refractivity contribution in [3.05, 3.63) is 83.7 Å². The molecule has 7 nitrogen and oxygen atoms in total. The number of aryl methyl sites for hydroxylation is 1. The highest BCUT2D eigenvalue weighted by Gasteiger charge is 2.24. The number of primary amides is 1. The van der Waals surface area contributed by atoms with Crippen molar-refractivity contribution in [3.8, 4) is 5.75 Å². The van der Waals surface area contributed by atoms with E-state index in [-0.39, 0.29) is 6.61 Å². The molecule has 0 bridgehead atoms. The monoisotopic (exact) mass is 382 g/mol. The van der Waals surface area contributed by atoms with Crippen molar-refractivity contribution in [1.29, 1.82) is 0 Å². The van der Waals surface area contributed by atoms with Gasteiger partial charge in [-0.15, -0.1) is 0 Å². The second kappa shape index (κ2) is 8.34. The molecule has 0 saturated carbocycles. The molecule has 0 saturated heterocycles. The number of halogens is 1. The maximum Gasteiger partial charge on any atom is 0.255 e. The molecule has 0 radical (unpaired) electrons. The molecule has 144 valence electrons. The van der Waals surface area contributed by atoms with Crippen molar-refractivity contribution >= 4 is 11.8 Å². The van der Waals surface area contributed by atoms with Gasteiger partial charge in [0, 0.05) is 30.6 Å². The average molecular weight is 382 g/mol. The van der Waals surface area contributed by atoms with Crippen LogP contribution in [-0.2, 0) is 11.8 Å². The summed E-state index contributed by atoms with van der Waals surface area (Å²) in [5.41, 5.74) is 5.69. The first kappa shape index (κ1) is 19.1. The molecule has 0 aliphatic heterocycles. The number of aromatic nitrogens is 2. The zero-order chi connectivity index (χ0) is 20.1. The third kappa shape index (κ3) is 4.35. The zero-order valence-electron chi connectivity index (χ0n) is 15.1. The summed E-state index contributed by atoms with van der Waals surface area (Å²) in [6, 6.07) is 11.7. The molecule has 0 fully saturated rings. The van der Waals surface area contributed by atoms with Crippen LogP contribution in [0.15, 0.2) is 60.9 Å². The molecule has 0 aliphatic carbocycles. The Balaban J connectivity index is 1.83. The van der Waals surface area contributed by atoms with Gasteiger partial charge in [-0.25, -0.2) is 9.37 Å². The number of nitrogens with one attached hydrogen (secondary N) is 1. The summed E-state index contributed by atoms with van der Waals surface area (Å²) in [6.45, 7) is -0.250. The van der Waals surface area contributed by atoms with Gasteiger partial charge in [-0.3, -0.25) is 9.59 Å². The Labute approximate surface area is 161 Å². The standard InChI is InChI=1S/C20H19FN4O3/c1-25-11-10-23-19(25)18(15-4-2-3-5-16(15)21)24-20(27)13-6-8-14(9-7-13)28-12-17(22)26/h2-11,18H,12H2,1H3,(H2,22,26)(H,24,27). The quantitative estimate of drug-likeness (QED) is 0.652. The number of hydrogen-bond donors (Lipinski definition) is 2. The van der Waals surface area contributed by atoms with Crippen molar-refractivity contribution in [3.63, 3.8) is 0 Å². The lowest BCUT2D eigenvalue weighted by Crippen LogP contribution is -2.31. The number of nitrogens with zero attached hydrogens (tertiary/aromatic N) is 2. The van der Waals surface area contributed by atoms with Crippen molar-refractivity contribution in [2.75, 3.05) is 6.61 Å². The lowest BCUT2D eigenvalue weighted by atomic mass is 10.0. The number of imidazole rings is 1. The summed E-state index contributed by atoms with van der Waals surface area (Å²) < 4.78 is 21.3. The fourth-order valence-corrected chi connectivity index (χ4v) is 2.72. The molecule has 28 heavy (non-hydrogen) atoms. The summed E-state index contributed by atoms with van der Waals surface area (Å²) in [5.74, 6) is -0.529. The molecule has 1 heterocycles. The Kier molecular flexibility index (Phi) is 5.69. The van der Waals surface area contributed by atoms with E-state index in [1.807, 2.05) is 0 Å². The highest BCUT2D eigenvalue weighted by atomic mass is 19.1. The summed E-state index contributed by atoms with van der Waals surface area (Å²) in [4.78, 5) is 27.8. The predicted octanol–water partition coefficient (Wildman–Crippen LogP) is 1.94. The Hall–Kier alpha value is -3.68. The molecule has 1 aromatic heterocycles. The van der Waals surface area contributed by atoms with Gasteiger partial charge >= 0.3 is 0 Å². The third-order valence-corrected chi connectivity index (χ3v) is 4.11. The minimum absolute atomic E-state index is 0.250. The van der Waals surface area contributed by atoms with E-state index in [1.54, 1.807) is 66.5 Å². The third-order valence-electron chi connectivity index (χ3n) is 4.11. The number of benzene rings is 2. The molecule has 1 unspecified atom stereocenters. The highest BCUT2D eigenvalue weighted by molar-refractivity contribution is 5.94. The molecule has 2 aromatic carbocycles. The molecule has 0 spiro atoms. The molecule has 3 aromatic rings. The fourth-order valence-electron chi connectivity index (χ4n) is 2.72. The Morgan fingerprint density at radius 1 is 1.21 bits per heavy atom. The van der Waals surface area contributed by atoms with Crippen molar-refractivity contribution in [2.24, 2.45) is 12.8 Å². The molecule has 0 aliphatic rings. The van der Waals surface area contributed by atoms with E-state index in [0.29, 0.717) is 22.7 Å². The van der Waals surface area contributed by atoms with Crippen LogP contribution in [0.5, 0.6) is 5.75 Å². The van der Waals surface area contributed by atoms with Crippen molar-refractivity contribution in [1.82, 2.24) is 14.9 Å². The van der Waals surface area contributed by atoms with Crippen LogP contribution in [0.4, 0.5) is 4.39 Å². The van der Waals surface area contributed by atoms with Crippen LogP contribution >= 0.6 is 0 Å². The van der Waals surface area contributed by atoms with E-state index >= 15 is 0 Å². The molecule has 3 rings (SSSR count).